The molecule has 0 aliphatic rings. The van der Waals surface area contributed by atoms with Gasteiger partial charge in [-0.2, -0.15) is 0 Å². The number of ether oxygens (including phenoxy) is 1. The van der Waals surface area contributed by atoms with Gasteiger partial charge in [0.1, 0.15) is 12.4 Å². The first kappa shape index (κ1) is 19.2. The van der Waals surface area contributed by atoms with Crippen molar-refractivity contribution in [2.24, 2.45) is 5.73 Å². The van der Waals surface area contributed by atoms with E-state index in [-0.39, 0.29) is 6.54 Å². The third kappa shape index (κ3) is 5.45. The molecule has 0 aliphatic carbocycles. The number of nitrogen functional groups attached to an aromatic ring is 1. The maximum Gasteiger partial charge on any atom is 0.319 e. The van der Waals surface area contributed by atoms with Crippen LogP contribution < -0.4 is 26.8 Å². The van der Waals surface area contributed by atoms with Crippen LogP contribution in [-0.4, -0.2) is 16.9 Å². The highest BCUT2D eigenvalue weighted by molar-refractivity contribution is 7.07. The maximum atomic E-state index is 12.2. The topological polar surface area (TPSA) is 132 Å². The van der Waals surface area contributed by atoms with Crippen molar-refractivity contribution in [3.63, 3.8) is 0 Å². The van der Waals surface area contributed by atoms with Gasteiger partial charge in [0.05, 0.1) is 11.2 Å². The molecule has 9 heteroatoms. The van der Waals surface area contributed by atoms with Crippen molar-refractivity contribution >= 4 is 34.6 Å². The number of rotatable bonds is 7. The summed E-state index contributed by atoms with van der Waals surface area (Å²) in [5.74, 6) is 0.0419. The van der Waals surface area contributed by atoms with Gasteiger partial charge in [-0.25, -0.2) is 9.78 Å². The lowest BCUT2D eigenvalue weighted by atomic mass is 10.1. The Kier molecular flexibility index (Phi) is 6.07. The van der Waals surface area contributed by atoms with Crippen molar-refractivity contribution in [2.75, 3.05) is 11.1 Å². The Labute approximate surface area is 165 Å². The number of aromatic nitrogens is 1. The second kappa shape index (κ2) is 8.87. The molecule has 28 heavy (non-hydrogen) atoms. The summed E-state index contributed by atoms with van der Waals surface area (Å²) >= 11 is 1.50. The highest BCUT2D eigenvalue weighted by Crippen LogP contribution is 2.19. The highest BCUT2D eigenvalue weighted by Gasteiger charge is 2.07. The summed E-state index contributed by atoms with van der Waals surface area (Å²) in [5.41, 5.74) is 15.6. The van der Waals surface area contributed by atoms with Crippen LogP contribution in [0.5, 0.6) is 5.75 Å². The molecule has 0 atom stereocenters. The molecule has 0 saturated heterocycles. The van der Waals surface area contributed by atoms with Crippen LogP contribution >= 0.6 is 11.3 Å². The van der Waals surface area contributed by atoms with Crippen LogP contribution in [0.15, 0.2) is 53.4 Å². The highest BCUT2D eigenvalue weighted by atomic mass is 32.1. The molecular weight excluding hydrogens is 378 g/mol. The van der Waals surface area contributed by atoms with Gasteiger partial charge in [-0.1, -0.05) is 6.07 Å². The Bertz CT molecular complexity index is 975. The van der Waals surface area contributed by atoms with E-state index in [1.54, 1.807) is 41.9 Å². The van der Waals surface area contributed by atoms with E-state index >= 15 is 0 Å². The van der Waals surface area contributed by atoms with Crippen molar-refractivity contribution in [3.05, 3.63) is 70.2 Å². The number of carbonyl (C=O) groups excluding carboxylic acids is 2. The molecule has 1 heterocycles. The van der Waals surface area contributed by atoms with E-state index < -0.39 is 11.9 Å². The predicted molar refractivity (Wildman–Crippen MR) is 108 cm³/mol. The number of benzene rings is 2. The van der Waals surface area contributed by atoms with Crippen molar-refractivity contribution < 1.29 is 14.3 Å². The molecule has 0 unspecified atom stereocenters. The molecule has 0 aliphatic heterocycles. The van der Waals surface area contributed by atoms with E-state index in [0.29, 0.717) is 34.9 Å². The van der Waals surface area contributed by atoms with Crippen molar-refractivity contribution in [2.45, 2.75) is 13.2 Å². The summed E-state index contributed by atoms with van der Waals surface area (Å²) in [4.78, 5) is 27.6. The molecule has 3 amide bonds. The van der Waals surface area contributed by atoms with Gasteiger partial charge < -0.3 is 26.8 Å². The fraction of sp³-hybridized carbons (Fsp3) is 0.105. The van der Waals surface area contributed by atoms with Gasteiger partial charge in [0.15, 0.2) is 0 Å². The minimum absolute atomic E-state index is 0.192. The van der Waals surface area contributed by atoms with Crippen LogP contribution in [0.1, 0.15) is 21.6 Å². The number of hydrogen-bond donors (Lipinski definition) is 4. The lowest BCUT2D eigenvalue weighted by Gasteiger charge is -2.10. The first-order valence-corrected chi connectivity index (χ1v) is 9.28. The molecule has 0 spiro atoms. The fourth-order valence-corrected chi connectivity index (χ4v) is 2.99. The smallest absolute Gasteiger partial charge is 0.319 e. The number of urea groups is 1. The van der Waals surface area contributed by atoms with Gasteiger partial charge >= 0.3 is 6.03 Å². The summed E-state index contributed by atoms with van der Waals surface area (Å²) in [6, 6.07) is 11.4. The van der Waals surface area contributed by atoms with Crippen molar-refractivity contribution in [3.8, 4) is 5.75 Å². The molecule has 1 aromatic heterocycles. The summed E-state index contributed by atoms with van der Waals surface area (Å²) < 4.78 is 5.67. The zero-order chi connectivity index (χ0) is 19.9. The number of nitrogens with two attached hydrogens (primary N) is 2. The number of nitrogens with one attached hydrogen (secondary N) is 2. The van der Waals surface area contributed by atoms with Crippen LogP contribution in [0.25, 0.3) is 0 Å². The van der Waals surface area contributed by atoms with Gasteiger partial charge in [0.2, 0.25) is 5.91 Å². The Morgan fingerprint density at radius 3 is 2.79 bits per heavy atom. The molecular formula is C19H19N5O3S. The average molecular weight is 397 g/mol. The third-order valence-corrected chi connectivity index (χ3v) is 4.35. The molecule has 0 fully saturated rings. The number of carbonyl (C=O) groups is 2. The second-order valence-corrected chi connectivity index (χ2v) is 6.65. The number of hydrogen-bond acceptors (Lipinski definition) is 6. The zero-order valence-corrected chi connectivity index (χ0v) is 15.7. The lowest BCUT2D eigenvalue weighted by molar-refractivity contribution is 0.1000. The molecule has 0 bridgehead atoms. The van der Waals surface area contributed by atoms with Crippen LogP contribution in [0, 0.1) is 0 Å². The molecule has 3 rings (SSSR count). The normalized spacial score (nSPS) is 10.3. The molecule has 3 aromatic rings. The monoisotopic (exact) mass is 397 g/mol. The van der Waals surface area contributed by atoms with E-state index in [4.69, 9.17) is 16.2 Å². The Morgan fingerprint density at radius 1 is 1.18 bits per heavy atom. The van der Waals surface area contributed by atoms with Crippen molar-refractivity contribution in [1.29, 1.82) is 0 Å². The quantitative estimate of drug-likeness (QED) is 0.455. The molecule has 6 N–H and O–H groups in total. The fourth-order valence-electron chi connectivity index (χ4n) is 2.45. The average Bonchev–Trinajstić information content (AvgIpc) is 3.18. The van der Waals surface area contributed by atoms with E-state index in [1.807, 2.05) is 5.38 Å². The van der Waals surface area contributed by atoms with Gasteiger partial charge in [0, 0.05) is 34.9 Å². The van der Waals surface area contributed by atoms with E-state index in [1.165, 1.54) is 17.4 Å². The number of anilines is 2. The molecule has 144 valence electrons. The summed E-state index contributed by atoms with van der Waals surface area (Å²) in [7, 11) is 0. The summed E-state index contributed by atoms with van der Waals surface area (Å²) in [5, 5.41) is 7.35. The Morgan fingerprint density at radius 2 is 2.04 bits per heavy atom. The van der Waals surface area contributed by atoms with Gasteiger partial charge in [-0.15, -0.1) is 11.3 Å². The number of amides is 3. The second-order valence-electron chi connectivity index (χ2n) is 5.93. The Balaban J connectivity index is 1.55. The minimum Gasteiger partial charge on any atom is -0.487 e. The van der Waals surface area contributed by atoms with Crippen molar-refractivity contribution in [1.82, 2.24) is 10.3 Å². The van der Waals surface area contributed by atoms with E-state index in [2.05, 4.69) is 15.6 Å². The minimum atomic E-state index is -0.576. The summed E-state index contributed by atoms with van der Waals surface area (Å²) in [6.07, 6.45) is 0. The maximum absolute atomic E-state index is 12.2. The predicted octanol–water partition coefficient (Wildman–Crippen LogP) is 2.72. The molecule has 2 aromatic carbocycles. The van der Waals surface area contributed by atoms with Gasteiger partial charge in [-0.05, 0) is 35.9 Å². The van der Waals surface area contributed by atoms with E-state index in [9.17, 15) is 9.59 Å². The van der Waals surface area contributed by atoms with Gasteiger partial charge in [-0.3, -0.25) is 4.79 Å². The third-order valence-electron chi connectivity index (χ3n) is 3.71. The number of nitrogens with zero attached hydrogens (tertiary/aromatic N) is 1. The number of primary amides is 1. The molecule has 8 nitrogen and oxygen atoms in total. The van der Waals surface area contributed by atoms with Crippen LogP contribution in [0.3, 0.4) is 0 Å². The van der Waals surface area contributed by atoms with Gasteiger partial charge in [0.25, 0.3) is 0 Å². The largest absolute Gasteiger partial charge is 0.487 e. The Hall–Kier alpha value is -3.59. The lowest BCUT2D eigenvalue weighted by Crippen LogP contribution is -2.28. The first-order chi connectivity index (χ1) is 13.5. The molecule has 0 saturated carbocycles. The zero-order valence-electron chi connectivity index (χ0n) is 14.8. The summed E-state index contributed by atoms with van der Waals surface area (Å²) in [6.45, 7) is 0.550. The number of thiazole rings is 1. The van der Waals surface area contributed by atoms with Crippen LogP contribution in [0.4, 0.5) is 16.2 Å². The first-order valence-electron chi connectivity index (χ1n) is 8.33. The standard InChI is InChI=1S/C19H19N5O3S/c20-14-5-12(4-13(6-14)18(21)25)8-22-19(26)24-15-2-1-3-17(7-15)27-9-16-10-28-11-23-16/h1-7,10-11H,8-9,20H2,(H2,21,25)(H2,22,24,26). The molecule has 0 radical (unpaired) electrons. The van der Waals surface area contributed by atoms with Crippen LogP contribution in [-0.2, 0) is 13.2 Å². The SMILES string of the molecule is NC(=O)c1cc(N)cc(CNC(=O)Nc2cccc(OCc3cscn3)c2)c1. The van der Waals surface area contributed by atoms with E-state index in [0.717, 1.165) is 5.69 Å². The van der Waals surface area contributed by atoms with Crippen LogP contribution in [0.2, 0.25) is 0 Å².